The van der Waals surface area contributed by atoms with Crippen molar-refractivity contribution in [2.24, 2.45) is 0 Å². The maximum Gasteiger partial charge on any atom is 0.231 e. The van der Waals surface area contributed by atoms with E-state index in [0.717, 1.165) is 5.69 Å². The van der Waals surface area contributed by atoms with Gasteiger partial charge in [-0.3, -0.25) is 4.79 Å². The van der Waals surface area contributed by atoms with Crippen molar-refractivity contribution in [3.05, 3.63) is 35.3 Å². The van der Waals surface area contributed by atoms with E-state index in [9.17, 15) is 4.79 Å². The summed E-state index contributed by atoms with van der Waals surface area (Å²) in [6.45, 7) is 0. The summed E-state index contributed by atoms with van der Waals surface area (Å²) in [4.78, 5) is 11.6. The van der Waals surface area contributed by atoms with E-state index in [0.29, 0.717) is 10.1 Å². The number of aromatic nitrogens is 2. The van der Waals surface area contributed by atoms with E-state index < -0.39 is 0 Å². The molecule has 0 unspecified atom stereocenters. The number of nitrogen functional groups attached to an aromatic ring is 1. The van der Waals surface area contributed by atoms with Gasteiger partial charge in [-0.25, -0.2) is 0 Å². The highest BCUT2D eigenvalue weighted by Crippen LogP contribution is 2.12. The van der Waals surface area contributed by atoms with Crippen molar-refractivity contribution in [3.63, 3.8) is 0 Å². The number of nitrogens with two attached hydrogens (primary N) is 1. The number of nitrogens with zero attached hydrogens (tertiary/aromatic N) is 2. The fraction of sp³-hybridized carbons (Fsp3) is 0.100. The molecule has 1 aromatic heterocycles. The molecule has 6 heteroatoms. The summed E-state index contributed by atoms with van der Waals surface area (Å²) >= 11 is 1.22. The second-order valence-corrected chi connectivity index (χ2v) is 4.22. The normalized spacial score (nSPS) is 10.0. The quantitative estimate of drug-likeness (QED) is 0.838. The zero-order chi connectivity index (χ0) is 11.4. The summed E-state index contributed by atoms with van der Waals surface area (Å²) in [7, 11) is 0. The second kappa shape index (κ2) is 4.71. The van der Waals surface area contributed by atoms with Crippen LogP contribution >= 0.6 is 11.3 Å². The molecule has 0 atom stereocenters. The summed E-state index contributed by atoms with van der Waals surface area (Å²) in [5.41, 5.74) is 6.19. The lowest BCUT2D eigenvalue weighted by atomic mass is 10.3. The summed E-state index contributed by atoms with van der Waals surface area (Å²) in [5, 5.41) is 11.2. The average molecular weight is 234 g/mol. The number of carbonyl (C=O) groups excluding carboxylic acids is 1. The molecule has 0 spiro atoms. The smallest absolute Gasteiger partial charge is 0.231 e. The molecule has 3 N–H and O–H groups in total. The fourth-order valence-electron chi connectivity index (χ4n) is 1.20. The molecule has 0 saturated heterocycles. The molecule has 5 nitrogen and oxygen atoms in total. The standard InChI is InChI=1S/C10H10N4OS/c11-10-14-13-9(16-10)6-8(15)12-7-4-2-1-3-5-7/h1-5H,6H2,(H2,11,14)(H,12,15). The molecule has 1 heterocycles. The number of hydrogen-bond donors (Lipinski definition) is 2. The molecule has 0 saturated carbocycles. The number of amides is 1. The van der Waals surface area contributed by atoms with Crippen molar-refractivity contribution >= 4 is 28.1 Å². The summed E-state index contributed by atoms with van der Waals surface area (Å²) < 4.78 is 0. The summed E-state index contributed by atoms with van der Waals surface area (Å²) in [6, 6.07) is 9.26. The SMILES string of the molecule is Nc1nnc(CC(=O)Nc2ccccc2)s1. The van der Waals surface area contributed by atoms with E-state index in [-0.39, 0.29) is 12.3 Å². The lowest BCUT2D eigenvalue weighted by Gasteiger charge is -2.02. The molecule has 0 aliphatic rings. The Kier molecular flexibility index (Phi) is 3.11. The van der Waals surface area contributed by atoms with E-state index in [4.69, 9.17) is 5.73 Å². The van der Waals surface area contributed by atoms with Gasteiger partial charge in [-0.15, -0.1) is 10.2 Å². The molecule has 0 aliphatic carbocycles. The number of para-hydroxylation sites is 1. The van der Waals surface area contributed by atoms with Crippen molar-refractivity contribution in [2.75, 3.05) is 11.1 Å². The van der Waals surface area contributed by atoms with Crippen molar-refractivity contribution in [1.29, 1.82) is 0 Å². The minimum absolute atomic E-state index is 0.123. The average Bonchev–Trinajstić information content (AvgIpc) is 2.65. The Morgan fingerprint density at radius 2 is 2.06 bits per heavy atom. The molecular formula is C10H10N4OS. The van der Waals surface area contributed by atoms with Gasteiger partial charge in [-0.2, -0.15) is 0 Å². The van der Waals surface area contributed by atoms with Gasteiger partial charge in [0.05, 0.1) is 6.42 Å². The van der Waals surface area contributed by atoms with E-state index >= 15 is 0 Å². The molecule has 2 aromatic rings. The zero-order valence-electron chi connectivity index (χ0n) is 8.38. The van der Waals surface area contributed by atoms with Crippen LogP contribution in [0.1, 0.15) is 5.01 Å². The maximum atomic E-state index is 11.6. The van der Waals surface area contributed by atoms with Crippen LogP contribution in [0.15, 0.2) is 30.3 Å². The van der Waals surface area contributed by atoms with Crippen molar-refractivity contribution in [1.82, 2.24) is 10.2 Å². The van der Waals surface area contributed by atoms with Crippen LogP contribution in [-0.4, -0.2) is 16.1 Å². The van der Waals surface area contributed by atoms with Gasteiger partial charge in [0, 0.05) is 5.69 Å². The van der Waals surface area contributed by atoms with Gasteiger partial charge in [-0.05, 0) is 12.1 Å². The minimum Gasteiger partial charge on any atom is -0.374 e. The predicted molar refractivity (Wildman–Crippen MR) is 63.1 cm³/mol. The first-order valence-corrected chi connectivity index (χ1v) is 5.48. The third-order valence-corrected chi connectivity index (χ3v) is 2.60. The van der Waals surface area contributed by atoms with Crippen molar-refractivity contribution in [2.45, 2.75) is 6.42 Å². The van der Waals surface area contributed by atoms with Crippen LogP contribution in [0.4, 0.5) is 10.8 Å². The minimum atomic E-state index is -0.123. The Bertz CT molecular complexity index is 483. The van der Waals surface area contributed by atoms with Gasteiger partial charge in [0.25, 0.3) is 0 Å². The number of hydrogen-bond acceptors (Lipinski definition) is 5. The molecule has 1 aromatic carbocycles. The van der Waals surface area contributed by atoms with Crippen LogP contribution in [0.25, 0.3) is 0 Å². The molecule has 1 amide bonds. The fourth-order valence-corrected chi connectivity index (χ4v) is 1.81. The van der Waals surface area contributed by atoms with Crippen LogP contribution in [-0.2, 0) is 11.2 Å². The summed E-state index contributed by atoms with van der Waals surface area (Å²) in [5.74, 6) is -0.123. The van der Waals surface area contributed by atoms with Crippen LogP contribution in [0.2, 0.25) is 0 Å². The molecule has 82 valence electrons. The monoisotopic (exact) mass is 234 g/mol. The van der Waals surface area contributed by atoms with Gasteiger partial charge < -0.3 is 11.1 Å². The second-order valence-electron chi connectivity index (χ2n) is 3.13. The van der Waals surface area contributed by atoms with Crippen LogP contribution in [0.5, 0.6) is 0 Å². The molecule has 0 aliphatic heterocycles. The number of carbonyl (C=O) groups is 1. The molecule has 0 radical (unpaired) electrons. The first kappa shape index (κ1) is 10.6. The number of nitrogens with one attached hydrogen (secondary N) is 1. The Labute approximate surface area is 96.3 Å². The third kappa shape index (κ3) is 2.77. The molecular weight excluding hydrogens is 224 g/mol. The topological polar surface area (TPSA) is 80.9 Å². The van der Waals surface area contributed by atoms with E-state index in [2.05, 4.69) is 15.5 Å². The lowest BCUT2D eigenvalue weighted by molar-refractivity contribution is -0.115. The summed E-state index contributed by atoms with van der Waals surface area (Å²) in [6.07, 6.45) is 0.198. The highest BCUT2D eigenvalue weighted by Gasteiger charge is 2.07. The lowest BCUT2D eigenvalue weighted by Crippen LogP contribution is -2.14. The first-order valence-electron chi connectivity index (χ1n) is 4.67. The third-order valence-electron chi connectivity index (χ3n) is 1.85. The van der Waals surface area contributed by atoms with E-state index in [1.807, 2.05) is 30.3 Å². The Balaban J connectivity index is 1.95. The number of anilines is 2. The highest BCUT2D eigenvalue weighted by molar-refractivity contribution is 7.15. The molecule has 0 fully saturated rings. The van der Waals surface area contributed by atoms with E-state index in [1.54, 1.807) is 0 Å². The van der Waals surface area contributed by atoms with Gasteiger partial charge in [0.15, 0.2) is 0 Å². The number of rotatable bonds is 3. The van der Waals surface area contributed by atoms with E-state index in [1.165, 1.54) is 11.3 Å². The maximum absolute atomic E-state index is 11.6. The highest BCUT2D eigenvalue weighted by atomic mass is 32.1. The Morgan fingerprint density at radius 1 is 1.31 bits per heavy atom. The zero-order valence-corrected chi connectivity index (χ0v) is 9.20. The van der Waals surface area contributed by atoms with Crippen molar-refractivity contribution in [3.8, 4) is 0 Å². The van der Waals surface area contributed by atoms with Gasteiger partial charge >= 0.3 is 0 Å². The number of benzene rings is 1. The Hall–Kier alpha value is -1.95. The van der Waals surface area contributed by atoms with Gasteiger partial charge in [0.2, 0.25) is 11.0 Å². The molecule has 0 bridgehead atoms. The van der Waals surface area contributed by atoms with Gasteiger partial charge in [0.1, 0.15) is 5.01 Å². The van der Waals surface area contributed by atoms with Crippen LogP contribution in [0, 0.1) is 0 Å². The van der Waals surface area contributed by atoms with Crippen molar-refractivity contribution < 1.29 is 4.79 Å². The van der Waals surface area contributed by atoms with Crippen LogP contribution < -0.4 is 11.1 Å². The van der Waals surface area contributed by atoms with Crippen LogP contribution in [0.3, 0.4) is 0 Å². The largest absolute Gasteiger partial charge is 0.374 e. The van der Waals surface area contributed by atoms with Gasteiger partial charge in [-0.1, -0.05) is 29.5 Å². The molecule has 2 rings (SSSR count). The Morgan fingerprint density at radius 3 is 2.69 bits per heavy atom. The molecule has 16 heavy (non-hydrogen) atoms. The predicted octanol–water partition coefficient (Wildman–Crippen LogP) is 1.30. The first-order chi connectivity index (χ1) is 7.74.